The van der Waals surface area contributed by atoms with E-state index in [4.69, 9.17) is 4.74 Å². The third kappa shape index (κ3) is 11.4. The van der Waals surface area contributed by atoms with Crippen LogP contribution in [-0.4, -0.2) is 27.8 Å². The second kappa shape index (κ2) is 16.4. The fourth-order valence-electron chi connectivity index (χ4n) is 3.64. The largest absolute Gasteiger partial charge is 0.490 e. The summed E-state index contributed by atoms with van der Waals surface area (Å²) in [7, 11) is 0. The van der Waals surface area contributed by atoms with Crippen LogP contribution in [0.2, 0.25) is 0 Å². The number of unbranched alkanes of at least 4 members (excludes halogenated alkanes) is 9. The summed E-state index contributed by atoms with van der Waals surface area (Å²) in [5.41, 5.74) is 2.16. The minimum atomic E-state index is -0.214. The van der Waals surface area contributed by atoms with Crippen molar-refractivity contribution in [3.63, 3.8) is 0 Å². The van der Waals surface area contributed by atoms with E-state index in [9.17, 15) is 5.11 Å². The number of nitrogens with zero attached hydrogens (tertiary/aromatic N) is 2. The molecule has 1 aromatic carbocycles. The van der Waals surface area contributed by atoms with Crippen LogP contribution in [-0.2, 0) is 0 Å². The first-order valence-corrected chi connectivity index (χ1v) is 12.6. The Morgan fingerprint density at radius 2 is 1.50 bits per heavy atom. The van der Waals surface area contributed by atoms with Gasteiger partial charge in [-0.2, -0.15) is 0 Å². The zero-order valence-electron chi connectivity index (χ0n) is 20.1. The van der Waals surface area contributed by atoms with E-state index in [1.54, 1.807) is 12.4 Å². The predicted molar refractivity (Wildman–Crippen MR) is 135 cm³/mol. The average Bonchev–Trinajstić information content (AvgIpc) is 2.81. The smallest absolute Gasteiger partial charge is 0.159 e. The van der Waals surface area contributed by atoms with Gasteiger partial charge < -0.3 is 9.84 Å². The molecule has 32 heavy (non-hydrogen) atoms. The highest BCUT2D eigenvalue weighted by Crippen LogP contribution is 2.18. The van der Waals surface area contributed by atoms with Crippen LogP contribution in [0.4, 0.5) is 0 Å². The number of aliphatic hydroxyl groups excluding tert-OH is 1. The number of hydrogen-bond acceptors (Lipinski definition) is 4. The zero-order chi connectivity index (χ0) is 22.9. The molecular formula is C28H42N2O2. The summed E-state index contributed by atoms with van der Waals surface area (Å²) in [5, 5.41) is 9.29. The Bertz CT molecular complexity index is 739. The van der Waals surface area contributed by atoms with Crippen molar-refractivity contribution >= 4 is 6.08 Å². The summed E-state index contributed by atoms with van der Waals surface area (Å²) in [6.45, 7) is 4.83. The zero-order valence-corrected chi connectivity index (χ0v) is 20.1. The summed E-state index contributed by atoms with van der Waals surface area (Å²) in [6, 6.07) is 8.26. The van der Waals surface area contributed by atoms with Gasteiger partial charge in [0, 0.05) is 5.56 Å². The van der Waals surface area contributed by atoms with E-state index < -0.39 is 0 Å². The van der Waals surface area contributed by atoms with Crippen LogP contribution in [0, 0.1) is 0 Å². The lowest BCUT2D eigenvalue weighted by molar-refractivity contribution is 0.182. The fourth-order valence-corrected chi connectivity index (χ4v) is 3.64. The molecule has 1 aromatic heterocycles. The molecule has 0 saturated carbocycles. The maximum atomic E-state index is 9.29. The molecule has 0 aliphatic heterocycles. The van der Waals surface area contributed by atoms with Crippen LogP contribution in [0.15, 0.2) is 42.7 Å². The minimum Gasteiger partial charge on any atom is -0.490 e. The first-order valence-electron chi connectivity index (χ1n) is 12.6. The number of benzene rings is 1. The van der Waals surface area contributed by atoms with Crippen molar-refractivity contribution in [3.05, 3.63) is 48.3 Å². The van der Waals surface area contributed by atoms with Crippen molar-refractivity contribution in [2.45, 2.75) is 97.0 Å². The van der Waals surface area contributed by atoms with Crippen molar-refractivity contribution < 1.29 is 9.84 Å². The summed E-state index contributed by atoms with van der Waals surface area (Å²) < 4.78 is 5.80. The van der Waals surface area contributed by atoms with Crippen LogP contribution < -0.4 is 4.74 Å². The van der Waals surface area contributed by atoms with Gasteiger partial charge in [0.2, 0.25) is 0 Å². The maximum Gasteiger partial charge on any atom is 0.159 e. The fraction of sp³-hybridized carbons (Fsp3) is 0.571. The molecule has 2 rings (SSSR count). The topological polar surface area (TPSA) is 55.2 Å². The van der Waals surface area contributed by atoms with Crippen LogP contribution >= 0.6 is 0 Å². The normalized spacial score (nSPS) is 12.3. The van der Waals surface area contributed by atoms with E-state index in [-0.39, 0.29) is 6.10 Å². The van der Waals surface area contributed by atoms with Crippen molar-refractivity contribution in [3.8, 4) is 17.1 Å². The van der Waals surface area contributed by atoms with Crippen LogP contribution in [0.3, 0.4) is 0 Å². The SMILES string of the molecule is CCCCCCCCCCCOc1cnc(-c2ccc(C=CCCCC(C)O)cc2)nc1. The Labute approximate surface area is 195 Å². The van der Waals surface area contributed by atoms with Gasteiger partial charge in [0.05, 0.1) is 25.1 Å². The van der Waals surface area contributed by atoms with Crippen molar-refractivity contribution in [2.24, 2.45) is 0 Å². The van der Waals surface area contributed by atoms with Gasteiger partial charge in [-0.05, 0) is 38.2 Å². The van der Waals surface area contributed by atoms with Crippen molar-refractivity contribution in [1.29, 1.82) is 0 Å². The summed E-state index contributed by atoms with van der Waals surface area (Å²) in [4.78, 5) is 8.94. The molecule has 0 radical (unpaired) electrons. The Morgan fingerprint density at radius 1 is 0.875 bits per heavy atom. The molecule has 0 aliphatic rings. The lowest BCUT2D eigenvalue weighted by Crippen LogP contribution is -1.99. The van der Waals surface area contributed by atoms with Gasteiger partial charge in [-0.25, -0.2) is 9.97 Å². The molecule has 1 unspecified atom stereocenters. The average molecular weight is 439 g/mol. The molecule has 0 spiro atoms. The van der Waals surface area contributed by atoms with Gasteiger partial charge in [-0.3, -0.25) is 0 Å². The second-order valence-corrected chi connectivity index (χ2v) is 8.72. The molecular weight excluding hydrogens is 396 g/mol. The number of ether oxygens (including phenoxy) is 1. The Hall–Kier alpha value is -2.20. The minimum absolute atomic E-state index is 0.214. The first-order chi connectivity index (χ1) is 15.7. The highest BCUT2D eigenvalue weighted by atomic mass is 16.5. The van der Waals surface area contributed by atoms with Crippen LogP contribution in [0.1, 0.15) is 96.5 Å². The van der Waals surface area contributed by atoms with Gasteiger partial charge in [-0.1, -0.05) is 94.7 Å². The molecule has 0 bridgehead atoms. The van der Waals surface area contributed by atoms with E-state index in [1.165, 1.54) is 51.4 Å². The summed E-state index contributed by atoms with van der Waals surface area (Å²) in [5.74, 6) is 1.46. The Kier molecular flexibility index (Phi) is 13.4. The second-order valence-electron chi connectivity index (χ2n) is 8.72. The molecule has 1 N–H and O–H groups in total. The van der Waals surface area contributed by atoms with Gasteiger partial charge in [0.25, 0.3) is 0 Å². The molecule has 1 atom stereocenters. The van der Waals surface area contributed by atoms with E-state index in [0.29, 0.717) is 5.82 Å². The quantitative estimate of drug-likeness (QED) is 0.258. The number of aromatic nitrogens is 2. The van der Waals surface area contributed by atoms with Gasteiger partial charge in [0.15, 0.2) is 11.6 Å². The molecule has 0 amide bonds. The third-order valence-corrected chi connectivity index (χ3v) is 5.62. The van der Waals surface area contributed by atoms with Crippen LogP contribution in [0.25, 0.3) is 17.5 Å². The number of allylic oxidation sites excluding steroid dienone is 1. The maximum absolute atomic E-state index is 9.29. The summed E-state index contributed by atoms with van der Waals surface area (Å²) in [6.07, 6.45) is 22.3. The van der Waals surface area contributed by atoms with E-state index in [0.717, 1.165) is 49.2 Å². The first kappa shape index (κ1) is 26.1. The highest BCUT2D eigenvalue weighted by Gasteiger charge is 2.02. The molecule has 0 saturated heterocycles. The summed E-state index contributed by atoms with van der Waals surface area (Å²) >= 11 is 0. The van der Waals surface area contributed by atoms with Gasteiger partial charge >= 0.3 is 0 Å². The molecule has 4 heteroatoms. The lowest BCUT2D eigenvalue weighted by Gasteiger charge is -2.07. The lowest BCUT2D eigenvalue weighted by atomic mass is 10.1. The molecule has 2 aromatic rings. The Balaban J connectivity index is 1.64. The van der Waals surface area contributed by atoms with E-state index in [2.05, 4.69) is 41.2 Å². The Morgan fingerprint density at radius 3 is 2.12 bits per heavy atom. The molecule has 4 nitrogen and oxygen atoms in total. The molecule has 0 fully saturated rings. The third-order valence-electron chi connectivity index (χ3n) is 5.62. The monoisotopic (exact) mass is 438 g/mol. The van der Waals surface area contributed by atoms with Crippen molar-refractivity contribution in [2.75, 3.05) is 6.61 Å². The van der Waals surface area contributed by atoms with Crippen LogP contribution in [0.5, 0.6) is 5.75 Å². The van der Waals surface area contributed by atoms with Gasteiger partial charge in [-0.15, -0.1) is 0 Å². The number of aliphatic hydroxyl groups is 1. The molecule has 0 aliphatic carbocycles. The predicted octanol–water partition coefficient (Wildman–Crippen LogP) is 7.62. The van der Waals surface area contributed by atoms with E-state index in [1.807, 2.05) is 19.1 Å². The number of rotatable bonds is 17. The van der Waals surface area contributed by atoms with E-state index >= 15 is 0 Å². The number of hydrogen-bond donors (Lipinski definition) is 1. The van der Waals surface area contributed by atoms with Crippen molar-refractivity contribution in [1.82, 2.24) is 9.97 Å². The molecule has 1 heterocycles. The molecule has 176 valence electrons. The highest BCUT2D eigenvalue weighted by molar-refractivity contribution is 5.59. The standard InChI is InChI=1S/C28H42N2O2/c1-3-4-5-6-7-8-9-10-14-21-32-27-22-29-28(30-23-27)26-19-17-25(18-20-26)16-13-11-12-15-24(2)31/h13,16-20,22-24,31H,3-12,14-15,21H2,1-2H3. The van der Waals surface area contributed by atoms with Gasteiger partial charge in [0.1, 0.15) is 0 Å².